The topological polar surface area (TPSA) is 76.1 Å². The Balaban J connectivity index is 1.95. The monoisotopic (exact) mass is 499 g/mol. The molecule has 4 rings (SSSR count). The quantitative estimate of drug-likeness (QED) is 0.269. The summed E-state index contributed by atoms with van der Waals surface area (Å²) in [6, 6.07) is 12.7. The number of carbonyl (C=O) groups excluding carboxylic acids is 2. The lowest BCUT2D eigenvalue weighted by molar-refractivity contribution is -0.132. The van der Waals surface area contributed by atoms with Crippen molar-refractivity contribution < 1.29 is 33.0 Å². The van der Waals surface area contributed by atoms with E-state index in [0.29, 0.717) is 23.7 Å². The van der Waals surface area contributed by atoms with E-state index >= 15 is 0 Å². The van der Waals surface area contributed by atoms with Gasteiger partial charge in [-0.1, -0.05) is 23.7 Å². The van der Waals surface area contributed by atoms with Crippen LogP contribution in [0.4, 0.5) is 14.5 Å². The molecule has 9 heteroatoms. The van der Waals surface area contributed by atoms with Gasteiger partial charge < -0.3 is 14.6 Å². The summed E-state index contributed by atoms with van der Waals surface area (Å²) >= 11 is 6.20. The second kappa shape index (κ2) is 9.76. The summed E-state index contributed by atoms with van der Waals surface area (Å²) in [5.74, 6) is -3.96. The lowest BCUT2D eigenvalue weighted by atomic mass is 9.95. The molecule has 1 atom stereocenters. The van der Waals surface area contributed by atoms with E-state index in [1.807, 2.05) is 0 Å². The minimum atomic E-state index is -1.19. The molecule has 3 aromatic carbocycles. The highest BCUT2D eigenvalue weighted by molar-refractivity contribution is 6.51. The van der Waals surface area contributed by atoms with E-state index in [2.05, 4.69) is 0 Å². The summed E-state index contributed by atoms with van der Waals surface area (Å²) in [6.07, 6.45) is 0. The molecule has 180 valence electrons. The van der Waals surface area contributed by atoms with Crippen LogP contribution in [0.15, 0.2) is 66.2 Å². The molecule has 0 aliphatic carbocycles. The third-order valence-electron chi connectivity index (χ3n) is 5.54. The molecule has 1 aliphatic rings. The summed E-state index contributed by atoms with van der Waals surface area (Å²) in [5.41, 5.74) is 0.297. The first-order valence-corrected chi connectivity index (χ1v) is 11.0. The number of hydrogen-bond donors (Lipinski definition) is 1. The van der Waals surface area contributed by atoms with Crippen LogP contribution in [0, 0.1) is 11.6 Å². The largest absolute Gasteiger partial charge is 0.507 e. The molecular formula is C26H20ClF2NO5. The van der Waals surface area contributed by atoms with Crippen LogP contribution in [0.5, 0.6) is 11.5 Å². The lowest BCUT2D eigenvalue weighted by Crippen LogP contribution is -2.29. The Labute approximate surface area is 205 Å². The first-order valence-electron chi connectivity index (χ1n) is 10.6. The maximum Gasteiger partial charge on any atom is 0.300 e. The minimum absolute atomic E-state index is 0.0513. The number of ketones is 1. The van der Waals surface area contributed by atoms with E-state index in [1.165, 1.54) is 31.4 Å². The van der Waals surface area contributed by atoms with Crippen LogP contribution in [0.2, 0.25) is 5.02 Å². The van der Waals surface area contributed by atoms with Gasteiger partial charge in [-0.25, -0.2) is 8.78 Å². The molecule has 3 aromatic rings. The van der Waals surface area contributed by atoms with Gasteiger partial charge in [0.05, 0.1) is 30.4 Å². The maximum absolute atomic E-state index is 14.1. The molecule has 0 radical (unpaired) electrons. The number of aliphatic hydroxyl groups is 1. The number of amides is 1. The van der Waals surface area contributed by atoms with E-state index in [9.17, 15) is 23.5 Å². The number of rotatable bonds is 6. The van der Waals surface area contributed by atoms with Gasteiger partial charge in [0.1, 0.15) is 17.3 Å². The number of carbonyl (C=O) groups is 2. The summed E-state index contributed by atoms with van der Waals surface area (Å²) in [4.78, 5) is 27.4. The molecule has 1 saturated heterocycles. The van der Waals surface area contributed by atoms with Crippen molar-refractivity contribution in [3.05, 3.63) is 94.0 Å². The maximum atomic E-state index is 14.1. The van der Waals surface area contributed by atoms with Crippen LogP contribution in [0.3, 0.4) is 0 Å². The smallest absolute Gasteiger partial charge is 0.300 e. The number of anilines is 1. The molecule has 35 heavy (non-hydrogen) atoms. The molecule has 6 nitrogen and oxygen atoms in total. The lowest BCUT2D eigenvalue weighted by Gasteiger charge is -2.26. The molecule has 0 bridgehead atoms. The predicted molar refractivity (Wildman–Crippen MR) is 127 cm³/mol. The molecule has 1 N–H and O–H groups in total. The Morgan fingerprint density at radius 3 is 2.49 bits per heavy atom. The van der Waals surface area contributed by atoms with Gasteiger partial charge in [0.25, 0.3) is 11.7 Å². The first kappa shape index (κ1) is 24.2. The van der Waals surface area contributed by atoms with E-state index in [4.69, 9.17) is 21.1 Å². The van der Waals surface area contributed by atoms with Gasteiger partial charge in [-0.05, 0) is 55.0 Å². The van der Waals surface area contributed by atoms with Crippen molar-refractivity contribution in [2.45, 2.75) is 13.0 Å². The van der Waals surface area contributed by atoms with Crippen molar-refractivity contribution in [1.29, 1.82) is 0 Å². The van der Waals surface area contributed by atoms with Crippen LogP contribution in [0.1, 0.15) is 24.1 Å². The van der Waals surface area contributed by atoms with Gasteiger partial charge in [0.15, 0.2) is 11.6 Å². The number of hydrogen-bond acceptors (Lipinski definition) is 5. The van der Waals surface area contributed by atoms with E-state index in [-0.39, 0.29) is 21.8 Å². The third-order valence-corrected chi connectivity index (χ3v) is 5.83. The fraction of sp³-hybridized carbons (Fsp3) is 0.154. The number of nitrogens with zero attached hydrogens (tertiary/aromatic N) is 1. The van der Waals surface area contributed by atoms with E-state index < -0.39 is 35.1 Å². The van der Waals surface area contributed by atoms with Gasteiger partial charge >= 0.3 is 0 Å². The molecule has 0 aromatic heterocycles. The average molecular weight is 500 g/mol. The van der Waals surface area contributed by atoms with Crippen molar-refractivity contribution >= 4 is 34.7 Å². The van der Waals surface area contributed by atoms with Gasteiger partial charge in [0, 0.05) is 17.3 Å². The highest BCUT2D eigenvalue weighted by Gasteiger charge is 2.47. The zero-order chi connectivity index (χ0) is 25.3. The molecule has 1 amide bonds. The van der Waals surface area contributed by atoms with Crippen molar-refractivity contribution in [1.82, 2.24) is 0 Å². The molecule has 1 unspecified atom stereocenters. The zero-order valence-corrected chi connectivity index (χ0v) is 19.5. The Hall–Kier alpha value is -3.91. The van der Waals surface area contributed by atoms with Crippen LogP contribution in [-0.2, 0) is 9.59 Å². The number of halogens is 3. The third kappa shape index (κ3) is 4.44. The predicted octanol–water partition coefficient (Wildman–Crippen LogP) is 5.65. The number of methoxy groups -OCH3 is 1. The van der Waals surface area contributed by atoms with Crippen molar-refractivity contribution in [3.8, 4) is 11.5 Å². The average Bonchev–Trinajstić information content (AvgIpc) is 3.11. The van der Waals surface area contributed by atoms with Crippen molar-refractivity contribution in [2.24, 2.45) is 0 Å². The molecular weight excluding hydrogens is 480 g/mol. The zero-order valence-electron chi connectivity index (χ0n) is 18.7. The Kier molecular flexibility index (Phi) is 6.75. The van der Waals surface area contributed by atoms with E-state index in [1.54, 1.807) is 31.2 Å². The number of ether oxygens (including phenoxy) is 2. The van der Waals surface area contributed by atoms with Crippen LogP contribution in [-0.4, -0.2) is 30.5 Å². The molecule has 1 fully saturated rings. The summed E-state index contributed by atoms with van der Waals surface area (Å²) in [6.45, 7) is 2.17. The standard InChI is InChI=1S/C26H20ClF2NO5/c1-3-35-17-6-4-5-14(11-17)23-22(24(31)15-7-10-21(34-2)18(27)12-15)25(32)26(33)30(23)16-8-9-19(28)20(29)13-16/h4-13,23,31H,3H2,1-2H3/b24-22+. The van der Waals surface area contributed by atoms with Gasteiger partial charge in [-0.15, -0.1) is 0 Å². The SMILES string of the molecule is CCOc1cccc(C2/C(=C(\O)c3ccc(OC)c(Cl)c3)C(=O)C(=O)N2c2ccc(F)c(F)c2)c1. The Morgan fingerprint density at radius 2 is 1.83 bits per heavy atom. The number of aliphatic hydroxyl groups excluding tert-OH is 1. The fourth-order valence-corrected chi connectivity index (χ4v) is 4.22. The molecule has 1 aliphatic heterocycles. The summed E-state index contributed by atoms with van der Waals surface area (Å²) < 4.78 is 38.4. The van der Waals surface area contributed by atoms with Gasteiger partial charge in [-0.3, -0.25) is 14.5 Å². The molecule has 1 heterocycles. The van der Waals surface area contributed by atoms with Crippen LogP contribution < -0.4 is 14.4 Å². The number of benzene rings is 3. The molecule has 0 spiro atoms. The van der Waals surface area contributed by atoms with Crippen LogP contribution in [0.25, 0.3) is 5.76 Å². The fourth-order valence-electron chi connectivity index (χ4n) is 3.96. The first-order chi connectivity index (χ1) is 16.8. The van der Waals surface area contributed by atoms with Crippen molar-refractivity contribution in [3.63, 3.8) is 0 Å². The second-order valence-corrected chi connectivity index (χ2v) is 8.03. The number of Topliss-reactive ketones (excluding diaryl/α,β-unsaturated/α-hetero) is 1. The summed E-state index contributed by atoms with van der Waals surface area (Å²) in [7, 11) is 1.43. The second-order valence-electron chi connectivity index (χ2n) is 7.62. The minimum Gasteiger partial charge on any atom is -0.507 e. The van der Waals surface area contributed by atoms with Gasteiger partial charge in [-0.2, -0.15) is 0 Å². The summed E-state index contributed by atoms with van der Waals surface area (Å²) in [5, 5.41) is 11.4. The van der Waals surface area contributed by atoms with Gasteiger partial charge in [0.2, 0.25) is 0 Å². The van der Waals surface area contributed by atoms with Crippen LogP contribution >= 0.6 is 11.6 Å². The Morgan fingerprint density at radius 1 is 1.06 bits per heavy atom. The van der Waals surface area contributed by atoms with Crippen molar-refractivity contribution in [2.75, 3.05) is 18.6 Å². The highest BCUT2D eigenvalue weighted by atomic mass is 35.5. The Bertz CT molecular complexity index is 1360. The normalized spacial score (nSPS) is 17.1. The molecule has 0 saturated carbocycles. The van der Waals surface area contributed by atoms with E-state index in [0.717, 1.165) is 17.0 Å². The highest BCUT2D eigenvalue weighted by Crippen LogP contribution is 2.43.